The fourth-order valence-electron chi connectivity index (χ4n) is 3.33. The van der Waals surface area contributed by atoms with Crippen molar-refractivity contribution in [1.29, 1.82) is 0 Å². The van der Waals surface area contributed by atoms with Crippen LogP contribution < -0.4 is 10.2 Å². The fourth-order valence-corrected chi connectivity index (χ4v) is 3.33. The van der Waals surface area contributed by atoms with E-state index in [2.05, 4.69) is 62.1 Å². The summed E-state index contributed by atoms with van der Waals surface area (Å²) in [5, 5.41) is 3.48. The van der Waals surface area contributed by atoms with Crippen LogP contribution in [0, 0.1) is 5.92 Å². The Hall–Kier alpha value is -1.13. The topological polar surface area (TPSA) is 31.4 Å². The lowest BCUT2D eigenvalue weighted by molar-refractivity contribution is 0.266. The maximum absolute atomic E-state index is 4.69. The summed E-state index contributed by atoms with van der Waals surface area (Å²) in [7, 11) is 4.35. The molecule has 1 aromatic heterocycles. The van der Waals surface area contributed by atoms with Crippen LogP contribution in [-0.4, -0.2) is 49.7 Å². The van der Waals surface area contributed by atoms with Gasteiger partial charge in [-0.1, -0.05) is 20.8 Å². The molecule has 0 bridgehead atoms. The number of rotatable bonds is 6. The van der Waals surface area contributed by atoms with Crippen molar-refractivity contribution in [2.75, 3.05) is 38.6 Å². The second-order valence-corrected chi connectivity index (χ2v) is 6.37. The SMILES string of the molecule is CCNC(CC)c1ccc(N2CC(C)C(N(C)C)C2)cn1. The Morgan fingerprint density at radius 3 is 2.57 bits per heavy atom. The van der Waals surface area contributed by atoms with Gasteiger partial charge in [0.15, 0.2) is 0 Å². The van der Waals surface area contributed by atoms with Gasteiger partial charge in [-0.2, -0.15) is 0 Å². The maximum Gasteiger partial charge on any atom is 0.0574 e. The van der Waals surface area contributed by atoms with E-state index in [-0.39, 0.29) is 0 Å². The fraction of sp³-hybridized carbons (Fsp3) is 0.706. The molecule has 2 rings (SSSR count). The van der Waals surface area contributed by atoms with Crippen molar-refractivity contribution >= 4 is 5.69 Å². The predicted octanol–water partition coefficient (Wildman–Crippen LogP) is 2.53. The molecule has 21 heavy (non-hydrogen) atoms. The first-order chi connectivity index (χ1) is 10.1. The first kappa shape index (κ1) is 16.2. The van der Waals surface area contributed by atoms with Crippen molar-refractivity contribution in [3.8, 4) is 0 Å². The van der Waals surface area contributed by atoms with Crippen LogP contribution in [0.1, 0.15) is 38.9 Å². The number of nitrogens with one attached hydrogen (secondary N) is 1. The summed E-state index contributed by atoms with van der Waals surface area (Å²) in [6.07, 6.45) is 3.11. The van der Waals surface area contributed by atoms with Gasteiger partial charge in [-0.05, 0) is 45.1 Å². The van der Waals surface area contributed by atoms with Gasteiger partial charge in [0.05, 0.1) is 17.6 Å². The average Bonchev–Trinajstić information content (AvgIpc) is 2.87. The van der Waals surface area contributed by atoms with Gasteiger partial charge < -0.3 is 15.1 Å². The molecule has 1 aliphatic rings. The summed E-state index contributed by atoms with van der Waals surface area (Å²) in [5.74, 6) is 0.699. The van der Waals surface area contributed by atoms with Crippen LogP contribution >= 0.6 is 0 Å². The van der Waals surface area contributed by atoms with Gasteiger partial charge in [-0.15, -0.1) is 0 Å². The highest BCUT2D eigenvalue weighted by Gasteiger charge is 2.31. The summed E-state index contributed by atoms with van der Waals surface area (Å²) in [6, 6.07) is 5.42. The number of nitrogens with zero attached hydrogens (tertiary/aromatic N) is 3. The van der Waals surface area contributed by atoms with Crippen LogP contribution in [0.25, 0.3) is 0 Å². The molecule has 1 saturated heterocycles. The Morgan fingerprint density at radius 1 is 1.33 bits per heavy atom. The van der Waals surface area contributed by atoms with E-state index in [1.54, 1.807) is 0 Å². The maximum atomic E-state index is 4.69. The monoisotopic (exact) mass is 290 g/mol. The summed E-state index contributed by atoms with van der Waals surface area (Å²) in [6.45, 7) is 9.88. The van der Waals surface area contributed by atoms with E-state index in [4.69, 9.17) is 4.98 Å². The zero-order valence-corrected chi connectivity index (χ0v) is 14.1. The van der Waals surface area contributed by atoms with Crippen molar-refractivity contribution in [3.63, 3.8) is 0 Å². The van der Waals surface area contributed by atoms with E-state index in [1.807, 2.05) is 6.20 Å². The molecule has 4 nitrogen and oxygen atoms in total. The molecule has 0 amide bonds. The molecule has 2 heterocycles. The predicted molar refractivity (Wildman–Crippen MR) is 89.8 cm³/mol. The van der Waals surface area contributed by atoms with Gasteiger partial charge in [0, 0.05) is 25.2 Å². The standard InChI is InChI=1S/C17H30N4/c1-6-15(18-7-2)16-9-8-14(10-19-16)21-11-13(3)17(12-21)20(4)5/h8-10,13,15,17-18H,6-7,11-12H2,1-5H3. The molecular weight excluding hydrogens is 260 g/mol. The van der Waals surface area contributed by atoms with Crippen LogP contribution in [0.5, 0.6) is 0 Å². The molecule has 0 aromatic carbocycles. The molecule has 118 valence electrons. The second kappa shape index (κ2) is 7.23. The molecule has 1 fully saturated rings. The molecule has 4 heteroatoms. The molecule has 0 spiro atoms. The van der Waals surface area contributed by atoms with E-state index in [9.17, 15) is 0 Å². The molecule has 1 aliphatic heterocycles. The van der Waals surface area contributed by atoms with Crippen LogP contribution in [0.3, 0.4) is 0 Å². The number of pyridine rings is 1. The zero-order valence-electron chi connectivity index (χ0n) is 14.1. The third-order valence-electron chi connectivity index (χ3n) is 4.59. The average molecular weight is 290 g/mol. The van der Waals surface area contributed by atoms with Crippen molar-refractivity contribution < 1.29 is 0 Å². The third-order valence-corrected chi connectivity index (χ3v) is 4.59. The Balaban J connectivity index is 2.06. The molecule has 1 N–H and O–H groups in total. The summed E-state index contributed by atoms with van der Waals surface area (Å²) < 4.78 is 0. The van der Waals surface area contributed by atoms with Gasteiger partial charge in [-0.3, -0.25) is 4.98 Å². The highest BCUT2D eigenvalue weighted by Crippen LogP contribution is 2.26. The molecule has 3 unspecified atom stereocenters. The van der Waals surface area contributed by atoms with Crippen LogP contribution in [0.4, 0.5) is 5.69 Å². The van der Waals surface area contributed by atoms with E-state index in [0.29, 0.717) is 18.0 Å². The van der Waals surface area contributed by atoms with Crippen molar-refractivity contribution in [2.24, 2.45) is 5.92 Å². The number of hydrogen-bond donors (Lipinski definition) is 1. The Labute approximate surface area is 129 Å². The van der Waals surface area contributed by atoms with Crippen molar-refractivity contribution in [1.82, 2.24) is 15.2 Å². The molecular formula is C17H30N4. The van der Waals surface area contributed by atoms with Gasteiger partial charge in [0.25, 0.3) is 0 Å². The van der Waals surface area contributed by atoms with Crippen molar-refractivity contribution in [3.05, 3.63) is 24.0 Å². The normalized spacial score (nSPS) is 23.8. The Bertz CT molecular complexity index is 429. The largest absolute Gasteiger partial charge is 0.368 e. The van der Waals surface area contributed by atoms with E-state index >= 15 is 0 Å². The molecule has 3 atom stereocenters. The van der Waals surface area contributed by atoms with Crippen LogP contribution in [0.2, 0.25) is 0 Å². The van der Waals surface area contributed by atoms with E-state index in [0.717, 1.165) is 31.7 Å². The van der Waals surface area contributed by atoms with E-state index in [1.165, 1.54) is 5.69 Å². The lowest BCUT2D eigenvalue weighted by Crippen LogP contribution is -2.34. The van der Waals surface area contributed by atoms with E-state index < -0.39 is 0 Å². The molecule has 0 saturated carbocycles. The van der Waals surface area contributed by atoms with Gasteiger partial charge >= 0.3 is 0 Å². The minimum absolute atomic E-state index is 0.371. The number of hydrogen-bond acceptors (Lipinski definition) is 4. The van der Waals surface area contributed by atoms with Gasteiger partial charge in [-0.25, -0.2) is 0 Å². The number of anilines is 1. The molecule has 1 aromatic rings. The number of likely N-dealkylation sites (N-methyl/N-ethyl adjacent to an activating group) is 1. The highest BCUT2D eigenvalue weighted by atomic mass is 15.2. The first-order valence-electron chi connectivity index (χ1n) is 8.17. The van der Waals surface area contributed by atoms with Crippen LogP contribution in [0.15, 0.2) is 18.3 Å². The van der Waals surface area contributed by atoms with Crippen LogP contribution in [-0.2, 0) is 0 Å². The molecule has 0 radical (unpaired) electrons. The highest BCUT2D eigenvalue weighted by molar-refractivity contribution is 5.46. The van der Waals surface area contributed by atoms with Crippen molar-refractivity contribution in [2.45, 2.75) is 39.3 Å². The lowest BCUT2D eigenvalue weighted by Gasteiger charge is -2.23. The zero-order chi connectivity index (χ0) is 15.4. The third kappa shape index (κ3) is 3.74. The minimum atomic E-state index is 0.371. The second-order valence-electron chi connectivity index (χ2n) is 6.37. The Kier molecular flexibility index (Phi) is 5.59. The molecule has 0 aliphatic carbocycles. The summed E-state index contributed by atoms with van der Waals surface area (Å²) in [5.41, 5.74) is 2.40. The van der Waals surface area contributed by atoms with Gasteiger partial charge in [0.2, 0.25) is 0 Å². The van der Waals surface area contributed by atoms with Gasteiger partial charge in [0.1, 0.15) is 0 Å². The number of aromatic nitrogens is 1. The summed E-state index contributed by atoms with van der Waals surface area (Å²) >= 11 is 0. The lowest BCUT2D eigenvalue weighted by atomic mass is 10.1. The summed E-state index contributed by atoms with van der Waals surface area (Å²) in [4.78, 5) is 9.49. The minimum Gasteiger partial charge on any atom is -0.368 e. The quantitative estimate of drug-likeness (QED) is 0.872. The first-order valence-corrected chi connectivity index (χ1v) is 8.17. The smallest absolute Gasteiger partial charge is 0.0574 e. The Morgan fingerprint density at radius 2 is 2.10 bits per heavy atom.